The molecule has 3 nitrogen and oxygen atoms in total. The Morgan fingerprint density at radius 2 is 2.38 bits per heavy atom. The van der Waals surface area contributed by atoms with E-state index < -0.39 is 6.10 Å². The van der Waals surface area contributed by atoms with Crippen LogP contribution in [-0.4, -0.2) is 14.7 Å². The van der Waals surface area contributed by atoms with E-state index in [-0.39, 0.29) is 0 Å². The van der Waals surface area contributed by atoms with E-state index in [0.717, 1.165) is 14.2 Å². The van der Waals surface area contributed by atoms with E-state index in [2.05, 4.69) is 25.5 Å². The van der Waals surface area contributed by atoms with Gasteiger partial charge in [-0.05, 0) is 38.9 Å². The normalized spacial score (nSPS) is 13.1. The molecule has 1 N–H and O–H groups in total. The standard InChI is InChI=1S/C7H5BrN2OS2/c8-4-1-2-12-7(4)6(11)5-3-9-10-13-5/h1-3,6,11H. The van der Waals surface area contributed by atoms with Crippen molar-refractivity contribution in [2.45, 2.75) is 6.10 Å². The van der Waals surface area contributed by atoms with Crippen LogP contribution >= 0.6 is 38.8 Å². The van der Waals surface area contributed by atoms with Gasteiger partial charge in [-0.3, -0.25) is 0 Å². The average molecular weight is 277 g/mol. The topological polar surface area (TPSA) is 46.0 Å². The molecule has 0 aliphatic rings. The summed E-state index contributed by atoms with van der Waals surface area (Å²) in [4.78, 5) is 1.66. The number of aromatic nitrogens is 2. The molecule has 0 aromatic carbocycles. The van der Waals surface area contributed by atoms with Crippen LogP contribution in [0.3, 0.4) is 0 Å². The molecule has 0 radical (unpaired) electrons. The lowest BCUT2D eigenvalue weighted by Gasteiger charge is -2.04. The monoisotopic (exact) mass is 276 g/mol. The van der Waals surface area contributed by atoms with E-state index in [1.807, 2.05) is 11.4 Å². The van der Waals surface area contributed by atoms with Gasteiger partial charge in [0.05, 0.1) is 16.0 Å². The molecule has 0 spiro atoms. The molecule has 2 aromatic rings. The third-order valence-corrected chi connectivity index (χ3v) is 4.18. The fourth-order valence-corrected chi connectivity index (χ4v) is 3.09. The highest BCUT2D eigenvalue weighted by molar-refractivity contribution is 9.10. The summed E-state index contributed by atoms with van der Waals surface area (Å²) in [7, 11) is 0. The first-order valence-electron chi connectivity index (χ1n) is 3.47. The lowest BCUT2D eigenvalue weighted by Crippen LogP contribution is -1.94. The second kappa shape index (κ2) is 3.83. The highest BCUT2D eigenvalue weighted by Crippen LogP contribution is 2.33. The molecule has 2 heterocycles. The Morgan fingerprint density at radius 3 is 2.92 bits per heavy atom. The summed E-state index contributed by atoms with van der Waals surface area (Å²) in [6.45, 7) is 0. The number of thiophene rings is 1. The molecule has 0 aliphatic heterocycles. The Bertz CT molecular complexity index is 387. The summed E-state index contributed by atoms with van der Waals surface area (Å²) >= 11 is 6.09. The van der Waals surface area contributed by atoms with Crippen LogP contribution < -0.4 is 0 Å². The Labute approximate surface area is 91.3 Å². The number of hydrogen-bond acceptors (Lipinski definition) is 5. The summed E-state index contributed by atoms with van der Waals surface area (Å²) < 4.78 is 4.63. The molecule has 2 rings (SSSR count). The number of aliphatic hydroxyl groups is 1. The summed E-state index contributed by atoms with van der Waals surface area (Å²) in [6, 6.07) is 1.91. The van der Waals surface area contributed by atoms with E-state index >= 15 is 0 Å². The van der Waals surface area contributed by atoms with E-state index in [1.54, 1.807) is 6.20 Å². The van der Waals surface area contributed by atoms with Crippen molar-refractivity contribution in [3.05, 3.63) is 31.9 Å². The second-order valence-corrected chi connectivity index (χ2v) is 4.97. The van der Waals surface area contributed by atoms with Crippen molar-refractivity contribution in [2.24, 2.45) is 0 Å². The first kappa shape index (κ1) is 9.26. The lowest BCUT2D eigenvalue weighted by molar-refractivity contribution is 0.227. The number of rotatable bonds is 2. The highest BCUT2D eigenvalue weighted by Gasteiger charge is 2.16. The predicted octanol–water partition coefficient (Wildman–Crippen LogP) is 2.44. The van der Waals surface area contributed by atoms with Crippen molar-refractivity contribution in [1.29, 1.82) is 0 Å². The minimum Gasteiger partial charge on any atom is -0.382 e. The van der Waals surface area contributed by atoms with E-state index in [9.17, 15) is 5.11 Å². The fourth-order valence-electron chi connectivity index (χ4n) is 0.925. The van der Waals surface area contributed by atoms with Gasteiger partial charge in [0.25, 0.3) is 0 Å². The van der Waals surface area contributed by atoms with Crippen LogP contribution in [0.15, 0.2) is 22.1 Å². The zero-order valence-corrected chi connectivity index (χ0v) is 9.56. The van der Waals surface area contributed by atoms with Crippen LogP contribution in [0.4, 0.5) is 0 Å². The largest absolute Gasteiger partial charge is 0.382 e. The van der Waals surface area contributed by atoms with Crippen molar-refractivity contribution in [3.8, 4) is 0 Å². The minimum absolute atomic E-state index is 0.602. The molecule has 2 aromatic heterocycles. The maximum atomic E-state index is 9.86. The van der Waals surface area contributed by atoms with Crippen LogP contribution in [0.5, 0.6) is 0 Å². The van der Waals surface area contributed by atoms with Gasteiger partial charge in [0.2, 0.25) is 0 Å². The first-order valence-corrected chi connectivity index (χ1v) is 5.92. The molecule has 6 heteroatoms. The molecule has 0 amide bonds. The third kappa shape index (κ3) is 1.80. The molecule has 0 bridgehead atoms. The maximum Gasteiger partial charge on any atom is 0.127 e. The molecule has 0 saturated carbocycles. The van der Waals surface area contributed by atoms with Crippen LogP contribution in [-0.2, 0) is 0 Å². The molecule has 13 heavy (non-hydrogen) atoms. The van der Waals surface area contributed by atoms with Gasteiger partial charge in [-0.15, -0.1) is 16.4 Å². The SMILES string of the molecule is OC(c1cnns1)c1sccc1Br. The molecule has 1 unspecified atom stereocenters. The van der Waals surface area contributed by atoms with Crippen LogP contribution in [0.25, 0.3) is 0 Å². The van der Waals surface area contributed by atoms with Gasteiger partial charge in [-0.1, -0.05) is 4.49 Å². The van der Waals surface area contributed by atoms with Gasteiger partial charge >= 0.3 is 0 Å². The highest BCUT2D eigenvalue weighted by atomic mass is 79.9. The van der Waals surface area contributed by atoms with Crippen LogP contribution in [0.1, 0.15) is 15.9 Å². The quantitative estimate of drug-likeness (QED) is 0.917. The van der Waals surface area contributed by atoms with Crippen molar-refractivity contribution >= 4 is 38.8 Å². The van der Waals surface area contributed by atoms with Crippen molar-refractivity contribution in [3.63, 3.8) is 0 Å². The summed E-state index contributed by atoms with van der Waals surface area (Å²) in [5.41, 5.74) is 0. The fraction of sp³-hybridized carbons (Fsp3) is 0.143. The zero-order valence-electron chi connectivity index (χ0n) is 6.35. The summed E-state index contributed by atoms with van der Waals surface area (Å²) in [6.07, 6.45) is 0.982. The predicted molar refractivity (Wildman–Crippen MR) is 56.0 cm³/mol. The molecular weight excluding hydrogens is 272 g/mol. The third-order valence-electron chi connectivity index (χ3n) is 1.54. The molecule has 0 fully saturated rings. The Hall–Kier alpha value is -0.300. The number of nitrogens with zero attached hydrogens (tertiary/aromatic N) is 2. The molecular formula is C7H5BrN2OS2. The first-order chi connectivity index (χ1) is 6.29. The van der Waals surface area contributed by atoms with Gasteiger partial charge in [0.1, 0.15) is 6.10 Å². The van der Waals surface area contributed by atoms with Crippen molar-refractivity contribution in [2.75, 3.05) is 0 Å². The van der Waals surface area contributed by atoms with Gasteiger partial charge in [-0.25, -0.2) is 0 Å². The lowest BCUT2D eigenvalue weighted by atomic mass is 10.3. The molecule has 0 saturated heterocycles. The average Bonchev–Trinajstić information content (AvgIpc) is 2.72. The Morgan fingerprint density at radius 1 is 1.54 bits per heavy atom. The number of aliphatic hydroxyl groups excluding tert-OH is 1. The van der Waals surface area contributed by atoms with Gasteiger partial charge in [-0.2, -0.15) is 0 Å². The minimum atomic E-state index is -0.602. The van der Waals surface area contributed by atoms with Gasteiger partial charge in [0.15, 0.2) is 0 Å². The molecule has 0 aliphatic carbocycles. The number of hydrogen-bond donors (Lipinski definition) is 1. The van der Waals surface area contributed by atoms with Crippen molar-refractivity contribution in [1.82, 2.24) is 9.59 Å². The van der Waals surface area contributed by atoms with Crippen LogP contribution in [0, 0.1) is 0 Å². The van der Waals surface area contributed by atoms with Gasteiger partial charge < -0.3 is 5.11 Å². The van der Waals surface area contributed by atoms with Crippen LogP contribution in [0.2, 0.25) is 0 Å². The molecule has 1 atom stereocenters. The Kier molecular flexibility index (Phi) is 2.73. The van der Waals surface area contributed by atoms with E-state index in [1.165, 1.54) is 22.9 Å². The van der Waals surface area contributed by atoms with Gasteiger partial charge in [0, 0.05) is 4.47 Å². The second-order valence-electron chi connectivity index (χ2n) is 2.36. The Balaban J connectivity index is 2.33. The number of halogens is 1. The molecule has 68 valence electrons. The summed E-state index contributed by atoms with van der Waals surface area (Å²) in [5.74, 6) is 0. The van der Waals surface area contributed by atoms with E-state index in [4.69, 9.17) is 0 Å². The zero-order chi connectivity index (χ0) is 9.26. The smallest absolute Gasteiger partial charge is 0.127 e. The maximum absolute atomic E-state index is 9.86. The summed E-state index contributed by atoms with van der Waals surface area (Å²) in [5, 5.41) is 15.5. The van der Waals surface area contributed by atoms with E-state index in [0.29, 0.717) is 0 Å². The van der Waals surface area contributed by atoms with Crippen molar-refractivity contribution < 1.29 is 5.11 Å².